The molecule has 1 aliphatic heterocycles. The van der Waals surface area contributed by atoms with Gasteiger partial charge in [-0.2, -0.15) is 11.8 Å². The Morgan fingerprint density at radius 3 is 2.80 bits per heavy atom. The average Bonchev–Trinajstić information content (AvgIpc) is 3.09. The molecular formula is C15H26N2O2S. The Hall–Kier alpha value is -0.420. The first kappa shape index (κ1) is 14.5. The molecule has 2 amide bonds. The van der Waals surface area contributed by atoms with E-state index in [1.807, 2.05) is 0 Å². The van der Waals surface area contributed by atoms with Crippen molar-refractivity contribution in [2.45, 2.75) is 56.6 Å². The van der Waals surface area contributed by atoms with Gasteiger partial charge in [-0.25, -0.2) is 4.79 Å². The number of rotatable bonds is 4. The molecule has 0 spiro atoms. The van der Waals surface area contributed by atoms with E-state index in [-0.39, 0.29) is 6.03 Å². The van der Waals surface area contributed by atoms with Crippen LogP contribution in [0.4, 0.5) is 4.79 Å². The number of carbonyl (C=O) groups is 1. The van der Waals surface area contributed by atoms with Gasteiger partial charge < -0.3 is 15.7 Å². The second-order valence-electron chi connectivity index (χ2n) is 6.76. The van der Waals surface area contributed by atoms with Crippen LogP contribution < -0.4 is 10.6 Å². The van der Waals surface area contributed by atoms with Gasteiger partial charge in [-0.05, 0) is 30.4 Å². The van der Waals surface area contributed by atoms with Gasteiger partial charge in [0.25, 0.3) is 0 Å². The Bertz CT molecular complexity index is 352. The second kappa shape index (κ2) is 6.14. The van der Waals surface area contributed by atoms with Gasteiger partial charge in [-0.15, -0.1) is 0 Å². The fraction of sp³-hybridized carbons (Fsp3) is 0.933. The molecule has 4 nitrogen and oxygen atoms in total. The van der Waals surface area contributed by atoms with Crippen molar-refractivity contribution in [1.29, 1.82) is 0 Å². The van der Waals surface area contributed by atoms with Crippen molar-refractivity contribution in [3.05, 3.63) is 0 Å². The van der Waals surface area contributed by atoms with Gasteiger partial charge in [-0.1, -0.05) is 32.1 Å². The summed E-state index contributed by atoms with van der Waals surface area (Å²) in [5, 5.41) is 16.1. The Morgan fingerprint density at radius 1 is 1.30 bits per heavy atom. The normalized spacial score (nSPS) is 37.6. The summed E-state index contributed by atoms with van der Waals surface area (Å²) < 4.78 is 0. The summed E-state index contributed by atoms with van der Waals surface area (Å²) in [6.07, 6.45) is 8.75. The highest BCUT2D eigenvalue weighted by Gasteiger charge is 2.44. The van der Waals surface area contributed by atoms with E-state index in [0.29, 0.717) is 18.5 Å². The van der Waals surface area contributed by atoms with E-state index in [9.17, 15) is 9.90 Å². The molecule has 0 aromatic heterocycles. The number of amides is 2. The van der Waals surface area contributed by atoms with E-state index in [2.05, 4.69) is 10.6 Å². The van der Waals surface area contributed by atoms with Gasteiger partial charge in [0, 0.05) is 18.3 Å². The predicted molar refractivity (Wildman–Crippen MR) is 81.9 cm³/mol. The van der Waals surface area contributed by atoms with Crippen molar-refractivity contribution >= 4 is 17.8 Å². The lowest BCUT2D eigenvalue weighted by molar-refractivity contribution is 0.0699. The highest BCUT2D eigenvalue weighted by atomic mass is 32.2. The zero-order valence-corrected chi connectivity index (χ0v) is 12.9. The Labute approximate surface area is 125 Å². The van der Waals surface area contributed by atoms with Crippen LogP contribution in [0.3, 0.4) is 0 Å². The minimum atomic E-state index is -0.686. The molecular weight excluding hydrogens is 272 g/mol. The lowest BCUT2D eigenvalue weighted by atomic mass is 9.85. The molecule has 3 unspecified atom stereocenters. The van der Waals surface area contributed by atoms with Crippen LogP contribution in [0.1, 0.15) is 44.9 Å². The first-order chi connectivity index (χ1) is 9.66. The van der Waals surface area contributed by atoms with Crippen LogP contribution in [0, 0.1) is 11.8 Å². The molecule has 20 heavy (non-hydrogen) atoms. The summed E-state index contributed by atoms with van der Waals surface area (Å²) in [7, 11) is 0. The number of carbonyl (C=O) groups excluding carboxylic acids is 1. The van der Waals surface area contributed by atoms with Crippen LogP contribution in [-0.2, 0) is 0 Å². The van der Waals surface area contributed by atoms with E-state index >= 15 is 0 Å². The maximum atomic E-state index is 11.9. The van der Waals surface area contributed by atoms with Crippen LogP contribution in [-0.4, -0.2) is 40.8 Å². The van der Waals surface area contributed by atoms with E-state index in [4.69, 9.17) is 0 Å². The number of thioether (sulfide) groups is 1. The molecule has 0 radical (unpaired) electrons. The fourth-order valence-corrected chi connectivity index (χ4v) is 4.96. The molecule has 3 N–H and O–H groups in total. The molecule has 3 atom stereocenters. The molecule has 114 valence electrons. The van der Waals surface area contributed by atoms with Gasteiger partial charge in [0.1, 0.15) is 0 Å². The van der Waals surface area contributed by atoms with Crippen LogP contribution in [0.15, 0.2) is 0 Å². The van der Waals surface area contributed by atoms with Gasteiger partial charge >= 0.3 is 6.03 Å². The summed E-state index contributed by atoms with van der Waals surface area (Å²) in [5.41, 5.74) is -0.686. The van der Waals surface area contributed by atoms with E-state index in [1.165, 1.54) is 32.1 Å². The van der Waals surface area contributed by atoms with Crippen LogP contribution >= 0.6 is 11.8 Å². The molecule has 5 heteroatoms. The van der Waals surface area contributed by atoms with Crippen LogP contribution in [0.25, 0.3) is 0 Å². The van der Waals surface area contributed by atoms with Crippen molar-refractivity contribution in [1.82, 2.24) is 10.6 Å². The van der Waals surface area contributed by atoms with Gasteiger partial charge in [0.2, 0.25) is 0 Å². The number of aliphatic hydroxyl groups is 1. The Balaban J connectivity index is 1.35. The van der Waals surface area contributed by atoms with Crippen molar-refractivity contribution in [3.8, 4) is 0 Å². The topological polar surface area (TPSA) is 61.4 Å². The molecule has 3 aliphatic rings. The molecule has 3 rings (SSSR count). The third kappa shape index (κ3) is 3.61. The average molecular weight is 298 g/mol. The Kier molecular flexibility index (Phi) is 4.46. The zero-order chi connectivity index (χ0) is 14.0. The number of hydrogen-bond donors (Lipinski definition) is 3. The summed E-state index contributed by atoms with van der Waals surface area (Å²) in [5.74, 6) is 3.28. The van der Waals surface area contributed by atoms with Crippen molar-refractivity contribution < 1.29 is 9.90 Å². The molecule has 0 aromatic rings. The van der Waals surface area contributed by atoms with E-state index in [1.54, 1.807) is 11.8 Å². The molecule has 2 saturated carbocycles. The quantitative estimate of drug-likeness (QED) is 0.745. The summed E-state index contributed by atoms with van der Waals surface area (Å²) in [6, 6.07) is 0.282. The van der Waals surface area contributed by atoms with Gasteiger partial charge in [0.15, 0.2) is 0 Å². The van der Waals surface area contributed by atoms with Crippen molar-refractivity contribution in [2.75, 3.05) is 18.1 Å². The molecule has 1 saturated heterocycles. The number of hydrogen-bond acceptors (Lipinski definition) is 3. The highest BCUT2D eigenvalue weighted by molar-refractivity contribution is 7.99. The fourth-order valence-electron chi connectivity index (χ4n) is 3.66. The SMILES string of the molecule is O=C(NCC1(O)CCSC1)NC1CC1C1CCCCC1. The lowest BCUT2D eigenvalue weighted by Gasteiger charge is -2.23. The minimum absolute atomic E-state index is 0.0985. The maximum absolute atomic E-state index is 11.9. The molecule has 2 aliphatic carbocycles. The standard InChI is InChI=1S/C15H26N2O2S/c18-14(16-9-15(19)6-7-20-10-15)17-13-8-12(13)11-4-2-1-3-5-11/h11-13,19H,1-10H2,(H2,16,17,18). The maximum Gasteiger partial charge on any atom is 0.315 e. The zero-order valence-electron chi connectivity index (χ0n) is 12.1. The number of urea groups is 1. The number of nitrogens with one attached hydrogen (secondary N) is 2. The smallest absolute Gasteiger partial charge is 0.315 e. The van der Waals surface area contributed by atoms with E-state index in [0.717, 1.165) is 30.3 Å². The lowest BCUT2D eigenvalue weighted by Crippen LogP contribution is -2.47. The molecule has 0 aromatic carbocycles. The Morgan fingerprint density at radius 2 is 2.10 bits per heavy atom. The second-order valence-corrected chi connectivity index (χ2v) is 7.86. The van der Waals surface area contributed by atoms with E-state index < -0.39 is 5.60 Å². The van der Waals surface area contributed by atoms with Crippen LogP contribution in [0.5, 0.6) is 0 Å². The monoisotopic (exact) mass is 298 g/mol. The van der Waals surface area contributed by atoms with Crippen molar-refractivity contribution in [2.24, 2.45) is 11.8 Å². The summed E-state index contributed by atoms with van der Waals surface area (Å²) in [4.78, 5) is 11.9. The minimum Gasteiger partial charge on any atom is -0.387 e. The molecule has 1 heterocycles. The van der Waals surface area contributed by atoms with Crippen molar-refractivity contribution in [3.63, 3.8) is 0 Å². The van der Waals surface area contributed by atoms with Gasteiger partial charge in [-0.3, -0.25) is 0 Å². The predicted octanol–water partition coefficient (Wildman–Crippen LogP) is 2.12. The summed E-state index contributed by atoms with van der Waals surface area (Å²) >= 11 is 1.76. The third-order valence-electron chi connectivity index (χ3n) is 5.07. The summed E-state index contributed by atoms with van der Waals surface area (Å²) in [6.45, 7) is 0.382. The first-order valence-electron chi connectivity index (χ1n) is 8.01. The third-order valence-corrected chi connectivity index (χ3v) is 6.31. The van der Waals surface area contributed by atoms with Crippen LogP contribution in [0.2, 0.25) is 0 Å². The first-order valence-corrected chi connectivity index (χ1v) is 9.16. The van der Waals surface area contributed by atoms with Gasteiger partial charge in [0.05, 0.1) is 5.60 Å². The highest BCUT2D eigenvalue weighted by Crippen LogP contribution is 2.44. The largest absolute Gasteiger partial charge is 0.387 e. The molecule has 0 bridgehead atoms. The molecule has 3 fully saturated rings.